The standard InChI is InChI=1S/C13H16N2O4S/c1-19-13(18)9-4-2-6-15(9)11(16)8-14-12(17)10-5-3-7-20-10/h3,5,7,9H,2,4,6,8H2,1H3,(H,14,17). The van der Waals surface area contributed by atoms with Crippen LogP contribution in [0.1, 0.15) is 22.5 Å². The fourth-order valence-corrected chi connectivity index (χ4v) is 2.84. The molecule has 0 aliphatic carbocycles. The van der Waals surface area contributed by atoms with E-state index in [0.29, 0.717) is 17.8 Å². The van der Waals surface area contributed by atoms with E-state index in [1.807, 2.05) is 0 Å². The molecule has 1 aromatic heterocycles. The molecule has 2 amide bonds. The Labute approximate surface area is 120 Å². The lowest BCUT2D eigenvalue weighted by molar-refractivity contribution is -0.150. The molecule has 0 spiro atoms. The lowest BCUT2D eigenvalue weighted by Crippen LogP contribution is -2.45. The zero-order valence-electron chi connectivity index (χ0n) is 11.1. The van der Waals surface area contributed by atoms with Crippen molar-refractivity contribution in [2.24, 2.45) is 0 Å². The summed E-state index contributed by atoms with van der Waals surface area (Å²) in [5, 5.41) is 4.36. The van der Waals surface area contributed by atoms with Gasteiger partial charge in [-0.1, -0.05) is 6.07 Å². The predicted molar refractivity (Wildman–Crippen MR) is 73.4 cm³/mol. The highest BCUT2D eigenvalue weighted by atomic mass is 32.1. The molecule has 0 aromatic carbocycles. The van der Waals surface area contributed by atoms with E-state index in [-0.39, 0.29) is 18.4 Å². The molecule has 1 aliphatic heterocycles. The van der Waals surface area contributed by atoms with E-state index < -0.39 is 12.0 Å². The zero-order chi connectivity index (χ0) is 14.5. The molecule has 2 heterocycles. The van der Waals surface area contributed by atoms with Crippen LogP contribution in [-0.2, 0) is 14.3 Å². The molecular formula is C13H16N2O4S. The monoisotopic (exact) mass is 296 g/mol. The van der Waals surface area contributed by atoms with Gasteiger partial charge in [0.1, 0.15) is 6.04 Å². The van der Waals surface area contributed by atoms with Crippen LogP contribution >= 0.6 is 11.3 Å². The highest BCUT2D eigenvalue weighted by Crippen LogP contribution is 2.18. The first-order valence-electron chi connectivity index (χ1n) is 6.32. The molecule has 0 bridgehead atoms. The lowest BCUT2D eigenvalue weighted by atomic mass is 10.2. The van der Waals surface area contributed by atoms with Gasteiger partial charge in [0.25, 0.3) is 5.91 Å². The molecule has 1 aliphatic rings. The number of hydrogen-bond donors (Lipinski definition) is 1. The van der Waals surface area contributed by atoms with Gasteiger partial charge in [0, 0.05) is 6.54 Å². The fraction of sp³-hybridized carbons (Fsp3) is 0.462. The maximum absolute atomic E-state index is 12.1. The van der Waals surface area contributed by atoms with E-state index in [4.69, 9.17) is 0 Å². The smallest absolute Gasteiger partial charge is 0.328 e. The number of nitrogens with zero attached hydrogens (tertiary/aromatic N) is 1. The molecule has 1 atom stereocenters. The molecule has 0 saturated carbocycles. The van der Waals surface area contributed by atoms with Gasteiger partial charge in [-0.25, -0.2) is 4.79 Å². The summed E-state index contributed by atoms with van der Waals surface area (Å²) in [4.78, 5) is 37.4. The Bertz CT molecular complexity index is 500. The van der Waals surface area contributed by atoms with Gasteiger partial charge in [-0.05, 0) is 24.3 Å². The number of amides is 2. The molecule has 7 heteroatoms. The van der Waals surface area contributed by atoms with Gasteiger partial charge in [0.05, 0.1) is 18.5 Å². The average molecular weight is 296 g/mol. The van der Waals surface area contributed by atoms with Crippen LogP contribution in [0.3, 0.4) is 0 Å². The minimum absolute atomic E-state index is 0.107. The first kappa shape index (κ1) is 14.5. The summed E-state index contributed by atoms with van der Waals surface area (Å²) in [5.41, 5.74) is 0. The molecular weight excluding hydrogens is 280 g/mol. The molecule has 6 nitrogen and oxygen atoms in total. The van der Waals surface area contributed by atoms with Crippen LogP contribution in [-0.4, -0.2) is 48.9 Å². The summed E-state index contributed by atoms with van der Waals surface area (Å²) in [6.07, 6.45) is 1.38. The number of methoxy groups -OCH3 is 1. The molecule has 1 fully saturated rings. The Hall–Kier alpha value is -1.89. The number of nitrogens with one attached hydrogen (secondary N) is 1. The van der Waals surface area contributed by atoms with E-state index in [9.17, 15) is 14.4 Å². The second-order valence-corrected chi connectivity index (χ2v) is 5.38. The van der Waals surface area contributed by atoms with Crippen molar-refractivity contribution in [1.29, 1.82) is 0 Å². The van der Waals surface area contributed by atoms with Crippen LogP contribution in [0, 0.1) is 0 Å². The summed E-state index contributed by atoms with van der Waals surface area (Å²) in [7, 11) is 1.31. The van der Waals surface area contributed by atoms with E-state index in [1.54, 1.807) is 17.5 Å². The van der Waals surface area contributed by atoms with Gasteiger partial charge in [-0.3, -0.25) is 9.59 Å². The maximum Gasteiger partial charge on any atom is 0.328 e. The Balaban J connectivity index is 1.88. The topological polar surface area (TPSA) is 75.7 Å². The molecule has 1 N–H and O–H groups in total. The summed E-state index contributed by atoms with van der Waals surface area (Å²) >= 11 is 1.31. The highest BCUT2D eigenvalue weighted by molar-refractivity contribution is 7.12. The molecule has 1 saturated heterocycles. The summed E-state index contributed by atoms with van der Waals surface area (Å²) in [6.45, 7) is 0.414. The number of rotatable bonds is 4. The largest absolute Gasteiger partial charge is 0.467 e. The number of hydrogen-bond acceptors (Lipinski definition) is 5. The van der Waals surface area contributed by atoms with Gasteiger partial charge >= 0.3 is 5.97 Å². The van der Waals surface area contributed by atoms with Crippen LogP contribution in [0.25, 0.3) is 0 Å². The Kier molecular flexibility index (Phi) is 4.73. The van der Waals surface area contributed by atoms with Crippen LogP contribution in [0.4, 0.5) is 0 Å². The number of likely N-dealkylation sites (tertiary alicyclic amines) is 1. The number of thiophene rings is 1. The number of esters is 1. The van der Waals surface area contributed by atoms with Crippen molar-refractivity contribution < 1.29 is 19.1 Å². The number of carbonyl (C=O) groups excluding carboxylic acids is 3. The fourth-order valence-electron chi connectivity index (χ4n) is 2.20. The van der Waals surface area contributed by atoms with Crippen molar-refractivity contribution in [3.05, 3.63) is 22.4 Å². The van der Waals surface area contributed by atoms with Gasteiger partial charge in [-0.15, -0.1) is 11.3 Å². The highest BCUT2D eigenvalue weighted by Gasteiger charge is 2.34. The first-order valence-corrected chi connectivity index (χ1v) is 7.20. The minimum atomic E-state index is -0.522. The molecule has 2 rings (SSSR count). The summed E-state index contributed by atoms with van der Waals surface area (Å²) in [6, 6.07) is 2.94. The van der Waals surface area contributed by atoms with Crippen LogP contribution < -0.4 is 5.32 Å². The van der Waals surface area contributed by atoms with Crippen molar-refractivity contribution in [2.45, 2.75) is 18.9 Å². The van der Waals surface area contributed by atoms with Gasteiger partial charge < -0.3 is 15.0 Å². The summed E-state index contributed by atoms with van der Waals surface area (Å²) in [5.74, 6) is -0.939. The SMILES string of the molecule is COC(=O)C1CCCN1C(=O)CNC(=O)c1cccs1. The Morgan fingerprint density at radius 1 is 1.50 bits per heavy atom. The molecule has 20 heavy (non-hydrogen) atoms. The Morgan fingerprint density at radius 2 is 2.30 bits per heavy atom. The molecule has 108 valence electrons. The minimum Gasteiger partial charge on any atom is -0.467 e. The van der Waals surface area contributed by atoms with E-state index in [1.165, 1.54) is 23.3 Å². The van der Waals surface area contributed by atoms with Crippen molar-refractivity contribution in [2.75, 3.05) is 20.2 Å². The normalized spacial score (nSPS) is 17.9. The molecule has 1 aromatic rings. The van der Waals surface area contributed by atoms with Crippen LogP contribution in [0.2, 0.25) is 0 Å². The second kappa shape index (κ2) is 6.51. The van der Waals surface area contributed by atoms with Crippen molar-refractivity contribution >= 4 is 29.1 Å². The van der Waals surface area contributed by atoms with E-state index in [0.717, 1.165) is 6.42 Å². The van der Waals surface area contributed by atoms with Crippen LogP contribution in [0.15, 0.2) is 17.5 Å². The third-order valence-electron chi connectivity index (χ3n) is 3.19. The average Bonchev–Trinajstić information content (AvgIpc) is 3.13. The number of carbonyl (C=O) groups is 3. The lowest BCUT2D eigenvalue weighted by Gasteiger charge is -2.22. The molecule has 0 radical (unpaired) electrons. The van der Waals surface area contributed by atoms with Crippen molar-refractivity contribution in [1.82, 2.24) is 10.2 Å². The summed E-state index contributed by atoms with van der Waals surface area (Å²) < 4.78 is 4.68. The van der Waals surface area contributed by atoms with Gasteiger partial charge in [0.15, 0.2) is 0 Å². The van der Waals surface area contributed by atoms with Gasteiger partial charge in [-0.2, -0.15) is 0 Å². The zero-order valence-corrected chi connectivity index (χ0v) is 11.9. The number of ether oxygens (including phenoxy) is 1. The predicted octanol–water partition coefficient (Wildman–Crippen LogP) is 0.642. The third kappa shape index (κ3) is 3.16. The second-order valence-electron chi connectivity index (χ2n) is 4.43. The van der Waals surface area contributed by atoms with Crippen molar-refractivity contribution in [3.63, 3.8) is 0 Å². The Morgan fingerprint density at radius 3 is 2.95 bits per heavy atom. The maximum atomic E-state index is 12.1. The molecule has 1 unspecified atom stereocenters. The van der Waals surface area contributed by atoms with Gasteiger partial charge in [0.2, 0.25) is 5.91 Å². The quantitative estimate of drug-likeness (QED) is 0.827. The van der Waals surface area contributed by atoms with E-state index >= 15 is 0 Å². The first-order chi connectivity index (χ1) is 9.63. The van der Waals surface area contributed by atoms with Crippen molar-refractivity contribution in [3.8, 4) is 0 Å². The van der Waals surface area contributed by atoms with Crippen LogP contribution in [0.5, 0.6) is 0 Å². The third-order valence-corrected chi connectivity index (χ3v) is 4.06. The van der Waals surface area contributed by atoms with E-state index in [2.05, 4.69) is 10.1 Å².